The van der Waals surface area contributed by atoms with E-state index in [1.54, 1.807) is 0 Å². The Labute approximate surface area is 302 Å². The maximum Gasteiger partial charge on any atom is 0.573 e. The molecule has 53 heavy (non-hydrogen) atoms. The van der Waals surface area contributed by atoms with Crippen molar-refractivity contribution in [2.75, 3.05) is 11.4 Å². The van der Waals surface area contributed by atoms with Gasteiger partial charge < -0.3 is 14.9 Å². The second kappa shape index (κ2) is 13.1. The van der Waals surface area contributed by atoms with Gasteiger partial charge in [-0.1, -0.05) is 18.1 Å². The Hall–Kier alpha value is -4.45. The van der Waals surface area contributed by atoms with E-state index in [-0.39, 0.29) is 37.8 Å². The normalized spacial score (nSPS) is 28.2. The van der Waals surface area contributed by atoms with Gasteiger partial charge in [-0.15, -0.1) is 36.4 Å². The molecule has 2 N–H and O–H groups in total. The molecule has 284 valence electrons. The van der Waals surface area contributed by atoms with Crippen LogP contribution in [0.25, 0.3) is 0 Å². The van der Waals surface area contributed by atoms with Crippen molar-refractivity contribution in [3.05, 3.63) is 64.5 Å². The molecule has 20 heteroatoms. The summed E-state index contributed by atoms with van der Waals surface area (Å²) >= 11 is 13.9. The molecule has 10 nitrogen and oxygen atoms in total. The van der Waals surface area contributed by atoms with Crippen molar-refractivity contribution in [2.24, 2.45) is 17.8 Å². The number of imide groups is 2. The lowest BCUT2D eigenvalue weighted by molar-refractivity contribution is -0.274. The fourth-order valence-electron chi connectivity index (χ4n) is 7.88. The van der Waals surface area contributed by atoms with Gasteiger partial charge in [0.15, 0.2) is 33.0 Å². The number of amides is 4. The molecule has 3 fully saturated rings. The van der Waals surface area contributed by atoms with Crippen molar-refractivity contribution in [3.63, 3.8) is 0 Å². The number of aliphatic carboxylic acids is 1. The number of carboxylic acid groups (broad SMARTS) is 1. The molecule has 2 aromatic rings. The Morgan fingerprint density at radius 2 is 1.51 bits per heavy atom. The minimum absolute atomic E-state index is 0.109. The van der Waals surface area contributed by atoms with Crippen molar-refractivity contribution in [3.8, 4) is 11.5 Å². The van der Waals surface area contributed by atoms with Crippen molar-refractivity contribution in [1.82, 2.24) is 4.90 Å². The van der Waals surface area contributed by atoms with Gasteiger partial charge in [0.2, 0.25) is 17.6 Å². The number of nitrogens with zero attached hydrogens (tertiary/aromatic N) is 2. The fraction of sp³-hybridized carbons (Fsp3) is 0.424. The first-order valence-electron chi connectivity index (χ1n) is 15.8. The first-order valence-corrected chi connectivity index (χ1v) is 16.6. The predicted octanol–water partition coefficient (Wildman–Crippen LogP) is 6.19. The van der Waals surface area contributed by atoms with Gasteiger partial charge in [-0.25, -0.2) is 26.9 Å². The lowest BCUT2D eigenvalue weighted by atomic mass is 9.56. The van der Waals surface area contributed by atoms with Crippen LogP contribution < -0.4 is 9.64 Å². The zero-order valence-electron chi connectivity index (χ0n) is 26.6. The summed E-state index contributed by atoms with van der Waals surface area (Å²) in [5.41, 5.74) is -2.84. The SMILES string of the molecule is O=C(O)CCCCCN1C(=O)C2CC=C3C(CC4(Cl)C(=O)N(c5c(F)c(F)c(F)c(F)c5F)C(=O)C4(Cl)C3c3cc(OC(F)(F)F)ccc3O)C2C1=O. The van der Waals surface area contributed by atoms with Crippen molar-refractivity contribution < 1.29 is 74.0 Å². The number of benzene rings is 2. The van der Waals surface area contributed by atoms with E-state index >= 15 is 8.78 Å². The van der Waals surface area contributed by atoms with E-state index in [0.29, 0.717) is 24.6 Å². The first kappa shape index (κ1) is 38.3. The largest absolute Gasteiger partial charge is 0.573 e. The minimum Gasteiger partial charge on any atom is -0.508 e. The average Bonchev–Trinajstić information content (AvgIpc) is 3.41. The van der Waals surface area contributed by atoms with Gasteiger partial charge in [-0.3, -0.25) is 28.9 Å². The molecular formula is C33H24Cl2F8N2O8. The van der Waals surface area contributed by atoms with Gasteiger partial charge in [-0.2, -0.15) is 0 Å². The quantitative estimate of drug-likeness (QED) is 0.0582. The number of carboxylic acids is 1. The van der Waals surface area contributed by atoms with Gasteiger partial charge >= 0.3 is 12.3 Å². The molecule has 1 saturated carbocycles. The molecule has 0 radical (unpaired) electrons. The number of ether oxygens (including phenoxy) is 1. The Kier molecular flexibility index (Phi) is 9.49. The van der Waals surface area contributed by atoms with Crippen molar-refractivity contribution in [2.45, 2.75) is 60.6 Å². The number of unbranched alkanes of at least 4 members (excludes halogenated alkanes) is 2. The Morgan fingerprint density at radius 1 is 0.887 bits per heavy atom. The summed E-state index contributed by atoms with van der Waals surface area (Å²) in [7, 11) is 0. The van der Waals surface area contributed by atoms with Gasteiger partial charge in [0.1, 0.15) is 17.2 Å². The second-order valence-electron chi connectivity index (χ2n) is 13.0. The third-order valence-corrected chi connectivity index (χ3v) is 11.5. The molecule has 6 rings (SSSR count). The number of anilines is 1. The van der Waals surface area contributed by atoms with Crippen LogP contribution in [-0.4, -0.2) is 67.4 Å². The molecule has 4 aliphatic rings. The van der Waals surface area contributed by atoms with E-state index in [2.05, 4.69) is 4.74 Å². The highest BCUT2D eigenvalue weighted by Gasteiger charge is 2.77. The van der Waals surface area contributed by atoms with E-state index in [1.165, 1.54) is 6.08 Å². The highest BCUT2D eigenvalue weighted by molar-refractivity contribution is 6.58. The number of carbonyl (C=O) groups is 5. The monoisotopic (exact) mass is 798 g/mol. The zero-order valence-corrected chi connectivity index (χ0v) is 28.1. The molecule has 2 aliphatic heterocycles. The zero-order chi connectivity index (χ0) is 39.1. The topological polar surface area (TPSA) is 142 Å². The maximum absolute atomic E-state index is 15.2. The number of allylic oxidation sites excluding steroid dienone is 2. The molecule has 2 aromatic carbocycles. The number of fused-ring (bicyclic) bond motifs is 4. The molecule has 0 bridgehead atoms. The van der Waals surface area contributed by atoms with E-state index in [9.17, 15) is 55.4 Å². The van der Waals surface area contributed by atoms with E-state index in [1.807, 2.05) is 0 Å². The summed E-state index contributed by atoms with van der Waals surface area (Å²) in [5.74, 6) is -27.0. The number of alkyl halides is 5. The number of phenols is 1. The van der Waals surface area contributed by atoms with Gasteiger partial charge in [0.05, 0.1) is 11.8 Å². The average molecular weight is 799 g/mol. The van der Waals surface area contributed by atoms with E-state index in [0.717, 1.165) is 4.90 Å². The van der Waals surface area contributed by atoms with Crippen molar-refractivity contribution in [1.29, 1.82) is 0 Å². The third-order valence-electron chi connectivity index (χ3n) is 10.1. The standard InChI is InChI=1S/C33H24Cl2F8N2O8/c34-31-11-16-13(6-7-14-19(16)28(50)44(27(14)49)9-3-1-2-4-18(47)48)20(15-10-12(5-8-17(15)46)53-33(41,42)43)32(31,35)30(52)45(29(31)51)26-24(39)22(37)21(36)23(38)25(26)40/h5-6,8,10,14,16,19-20,46H,1-4,7,9,11H2,(H,47,48). The number of aromatic hydroxyl groups is 1. The summed E-state index contributed by atoms with van der Waals surface area (Å²) in [5, 5.41) is 19.9. The Balaban J connectivity index is 1.51. The molecule has 2 saturated heterocycles. The summed E-state index contributed by atoms with van der Waals surface area (Å²) < 4.78 is 117. The molecule has 6 unspecified atom stereocenters. The summed E-state index contributed by atoms with van der Waals surface area (Å²) in [6.07, 6.45) is -4.55. The van der Waals surface area contributed by atoms with Crippen LogP contribution in [-0.2, 0) is 24.0 Å². The van der Waals surface area contributed by atoms with Crippen LogP contribution in [0.1, 0.15) is 50.0 Å². The molecule has 0 aromatic heterocycles. The number of rotatable bonds is 9. The van der Waals surface area contributed by atoms with Crippen LogP contribution >= 0.6 is 23.2 Å². The molecule has 6 atom stereocenters. The van der Waals surface area contributed by atoms with Gasteiger partial charge in [0.25, 0.3) is 11.8 Å². The Bertz CT molecular complexity index is 1980. The highest BCUT2D eigenvalue weighted by atomic mass is 35.5. The molecular weight excluding hydrogens is 775 g/mol. The summed E-state index contributed by atoms with van der Waals surface area (Å²) in [6, 6.07) is 1.94. The van der Waals surface area contributed by atoms with Crippen LogP contribution in [0.3, 0.4) is 0 Å². The number of carbonyl (C=O) groups excluding carboxylic acids is 4. The van der Waals surface area contributed by atoms with Crippen LogP contribution in [0, 0.1) is 46.8 Å². The second-order valence-corrected chi connectivity index (χ2v) is 14.2. The van der Waals surface area contributed by atoms with Crippen molar-refractivity contribution >= 4 is 58.5 Å². The van der Waals surface area contributed by atoms with Gasteiger partial charge in [-0.05, 0) is 49.8 Å². The predicted molar refractivity (Wildman–Crippen MR) is 164 cm³/mol. The number of hydrogen-bond donors (Lipinski definition) is 2. The van der Waals surface area contributed by atoms with Crippen LogP contribution in [0.4, 0.5) is 40.8 Å². The number of phenolic OH excluding ortho intramolecular Hbond substituents is 1. The van der Waals surface area contributed by atoms with Crippen LogP contribution in [0.15, 0.2) is 29.8 Å². The van der Waals surface area contributed by atoms with E-state index in [4.69, 9.17) is 28.3 Å². The van der Waals surface area contributed by atoms with Gasteiger partial charge in [0, 0.05) is 24.4 Å². The first-order chi connectivity index (χ1) is 24.7. The highest BCUT2D eigenvalue weighted by Crippen LogP contribution is 2.67. The molecule has 4 amide bonds. The molecule has 0 spiro atoms. The Morgan fingerprint density at radius 3 is 2.11 bits per heavy atom. The number of likely N-dealkylation sites (tertiary alicyclic amines) is 1. The van der Waals surface area contributed by atoms with Crippen LogP contribution in [0.2, 0.25) is 0 Å². The number of halogens is 10. The summed E-state index contributed by atoms with van der Waals surface area (Å²) in [4.78, 5) is 61.2. The summed E-state index contributed by atoms with van der Waals surface area (Å²) in [6.45, 7) is -0.149. The third kappa shape index (κ3) is 5.79. The fourth-order valence-corrected chi connectivity index (χ4v) is 8.81. The smallest absolute Gasteiger partial charge is 0.508 e. The van der Waals surface area contributed by atoms with Crippen LogP contribution in [0.5, 0.6) is 11.5 Å². The number of hydrogen-bond acceptors (Lipinski definition) is 7. The molecule has 2 heterocycles. The van der Waals surface area contributed by atoms with E-state index < -0.39 is 133 Å². The maximum atomic E-state index is 15.2. The lowest BCUT2D eigenvalue weighted by Gasteiger charge is -2.50. The minimum atomic E-state index is -5.30. The molecule has 2 aliphatic carbocycles. The lowest BCUT2D eigenvalue weighted by Crippen LogP contribution is -2.60.